The van der Waals surface area contributed by atoms with Crippen LogP contribution in [-0.4, -0.2) is 40.1 Å². The molecule has 0 aliphatic carbocycles. The summed E-state index contributed by atoms with van der Waals surface area (Å²) in [5.74, 6) is -0.897. The Balaban J connectivity index is 0. The Labute approximate surface area is 128 Å². The van der Waals surface area contributed by atoms with Crippen molar-refractivity contribution in [3.63, 3.8) is 0 Å². The number of aliphatic hydroxyl groups is 1. The summed E-state index contributed by atoms with van der Waals surface area (Å²) in [4.78, 5) is 30.5. The minimum Gasteiger partial charge on any atom is -0.413 e. The van der Waals surface area contributed by atoms with Crippen LogP contribution in [-0.2, 0) is 32.7 Å². The first-order chi connectivity index (χ1) is 6.98. The monoisotopic (exact) mass is 353 g/mol. The minimum atomic E-state index is -4.39. The van der Waals surface area contributed by atoms with Crippen LogP contribution in [0.4, 0.5) is 0 Å². The molecule has 0 fully saturated rings. The van der Waals surface area contributed by atoms with E-state index in [1.807, 2.05) is 0 Å². The quantitative estimate of drug-likeness (QED) is 0.386. The third-order valence-corrected chi connectivity index (χ3v) is 2.67. The van der Waals surface area contributed by atoms with Gasteiger partial charge in [0, 0.05) is 32.7 Å². The van der Waals surface area contributed by atoms with Gasteiger partial charge in [0.05, 0.1) is 0 Å². The second-order valence-corrected chi connectivity index (χ2v) is 4.54. The second-order valence-electron chi connectivity index (χ2n) is 2.98. The maximum atomic E-state index is 9.30. The number of aliphatic hydroxyl groups excluding tert-OH is 1. The van der Waals surface area contributed by atoms with E-state index in [0.29, 0.717) is 5.65 Å². The van der Waals surface area contributed by atoms with Gasteiger partial charge in [-0.25, -0.2) is 14.7 Å². The van der Waals surface area contributed by atoms with Crippen molar-refractivity contribution in [2.45, 2.75) is 0 Å². The Morgan fingerprint density at radius 1 is 1.17 bits per heavy atom. The average molecular weight is 353 g/mol. The van der Waals surface area contributed by atoms with Gasteiger partial charge in [-0.05, 0) is 24.0 Å². The number of aromatic nitrogens is 2. The molecule has 99 valence electrons. The van der Waals surface area contributed by atoms with Gasteiger partial charge in [0.25, 0.3) is 0 Å². The third kappa shape index (κ3) is 4.20. The molecule has 0 bridgehead atoms. The molecule has 2 aromatic heterocycles. The molecule has 8 nitrogen and oxygen atoms in total. The molecule has 1 radical (unpaired) electrons. The summed E-state index contributed by atoms with van der Waals surface area (Å²) >= 11 is 0. The number of nitrogens with zero attached hydrogens (tertiary/aromatic N) is 2. The summed E-state index contributed by atoms with van der Waals surface area (Å²) in [6, 6.07) is 5.19. The standard InChI is InChI=1S/C8H9N2O4P.2H2O.Y/c11-8(15(12,13)14)6-5-10-4-2-1-3-7(10)9-6;;;/h1-5,11-14H;2*1H2;. The summed E-state index contributed by atoms with van der Waals surface area (Å²) in [5.41, 5.74) is 0.481. The Morgan fingerprint density at radius 2 is 1.78 bits per heavy atom. The predicted molar refractivity (Wildman–Crippen MR) is 60.3 cm³/mol. The first kappa shape index (κ1) is 20.2. The van der Waals surface area contributed by atoms with Gasteiger partial charge in [-0.1, -0.05) is 6.07 Å². The molecular weight excluding hydrogens is 340 g/mol. The molecule has 0 aliphatic heterocycles. The second kappa shape index (κ2) is 7.44. The number of hydrogen-bond donors (Lipinski definition) is 4. The molecule has 8 N–H and O–H groups in total. The fraction of sp³-hybridized carbons (Fsp3) is 0. The van der Waals surface area contributed by atoms with Crippen molar-refractivity contribution in [2.75, 3.05) is 0 Å². The molecule has 0 saturated heterocycles. The van der Waals surface area contributed by atoms with E-state index in [2.05, 4.69) is 4.98 Å². The van der Waals surface area contributed by atoms with E-state index in [9.17, 15) is 5.11 Å². The van der Waals surface area contributed by atoms with Crippen molar-refractivity contribution in [1.29, 1.82) is 0 Å². The summed E-state index contributed by atoms with van der Waals surface area (Å²) < 4.78 is 1.58. The molecule has 18 heavy (non-hydrogen) atoms. The molecule has 0 atom stereocenters. The normalized spacial score (nSPS) is 10.0. The fourth-order valence-electron chi connectivity index (χ4n) is 1.20. The molecule has 0 aromatic carbocycles. The summed E-state index contributed by atoms with van der Waals surface area (Å²) in [6.07, 6.45) is 3.08. The number of hydrogen-bond acceptors (Lipinski definition) is 5. The first-order valence-corrected chi connectivity index (χ1v) is 5.71. The Bertz CT molecular complexity index is 455. The molecule has 0 aliphatic rings. The topological polar surface area (TPSA) is 161 Å². The summed E-state index contributed by atoms with van der Waals surface area (Å²) in [6.45, 7) is 0. The van der Waals surface area contributed by atoms with Crippen LogP contribution in [0.25, 0.3) is 5.65 Å². The van der Waals surface area contributed by atoms with Crippen LogP contribution < -0.4 is 0 Å². The summed E-state index contributed by atoms with van der Waals surface area (Å²) in [7, 11) is -4.39. The Hall–Kier alpha value is -0.146. The molecular formula is C8H13N2O6PY. The van der Waals surface area contributed by atoms with Crippen LogP contribution in [0.3, 0.4) is 0 Å². The van der Waals surface area contributed by atoms with Gasteiger partial charge in [0.1, 0.15) is 5.65 Å². The van der Waals surface area contributed by atoms with Gasteiger partial charge in [-0.2, -0.15) is 0 Å². The summed E-state index contributed by atoms with van der Waals surface area (Å²) in [5, 5.41) is 9.30. The Morgan fingerprint density at radius 3 is 2.28 bits per heavy atom. The zero-order valence-corrected chi connectivity index (χ0v) is 12.8. The number of pyridine rings is 1. The van der Waals surface area contributed by atoms with Crippen LogP contribution in [0.15, 0.2) is 30.6 Å². The van der Waals surface area contributed by atoms with Crippen molar-refractivity contribution in [3.05, 3.63) is 42.1 Å². The zero-order chi connectivity index (χ0) is 11.1. The zero-order valence-electron chi connectivity index (χ0n) is 9.09. The molecule has 2 heterocycles. The largest absolute Gasteiger partial charge is 0.413 e. The average Bonchev–Trinajstić information content (AvgIpc) is 2.58. The molecule has 0 spiro atoms. The van der Waals surface area contributed by atoms with Gasteiger partial charge in [0.2, 0.25) is 0 Å². The van der Waals surface area contributed by atoms with Crippen LogP contribution in [0.5, 0.6) is 0 Å². The maximum absolute atomic E-state index is 9.30. The van der Waals surface area contributed by atoms with Gasteiger partial charge in [-0.15, -0.1) is 6.20 Å². The van der Waals surface area contributed by atoms with Crippen molar-refractivity contribution in [1.82, 2.24) is 9.38 Å². The van der Waals surface area contributed by atoms with Gasteiger partial charge < -0.3 is 20.5 Å². The number of imidazole rings is 1. The molecule has 0 saturated carbocycles. The minimum absolute atomic E-state index is 0. The Kier molecular flexibility index (Phi) is 8.35. The molecule has 10 heteroatoms. The fourth-order valence-corrected chi connectivity index (χ4v) is 1.61. The van der Waals surface area contributed by atoms with Crippen molar-refractivity contribution in [2.24, 2.45) is 0 Å². The van der Waals surface area contributed by atoms with E-state index in [1.165, 1.54) is 6.20 Å². The van der Waals surface area contributed by atoms with Crippen LogP contribution in [0, 0.1) is 5.85 Å². The molecule has 0 unspecified atom stereocenters. The van der Waals surface area contributed by atoms with Gasteiger partial charge in [-0.3, -0.25) is 4.98 Å². The van der Waals surface area contributed by atoms with Crippen LogP contribution in [0.1, 0.15) is 5.69 Å². The van der Waals surface area contributed by atoms with Crippen molar-refractivity contribution < 1.29 is 63.4 Å². The van der Waals surface area contributed by atoms with Crippen molar-refractivity contribution in [3.8, 4) is 0 Å². The third-order valence-electron chi connectivity index (χ3n) is 1.88. The maximum Gasteiger partial charge on any atom is 0.384 e. The smallest absolute Gasteiger partial charge is 0.384 e. The van der Waals surface area contributed by atoms with E-state index < -0.39 is 13.8 Å². The van der Waals surface area contributed by atoms with Crippen LogP contribution in [0.2, 0.25) is 0 Å². The van der Waals surface area contributed by atoms with E-state index >= 15 is 0 Å². The number of rotatable bonds is 2. The van der Waals surface area contributed by atoms with Gasteiger partial charge in [0.15, 0.2) is 5.85 Å². The van der Waals surface area contributed by atoms with Crippen molar-refractivity contribution >= 4 is 13.6 Å². The van der Waals surface area contributed by atoms with E-state index in [0.717, 1.165) is 0 Å². The number of fused-ring (bicyclic) bond motifs is 1. The molecule has 2 rings (SSSR count). The van der Waals surface area contributed by atoms with Gasteiger partial charge >= 0.3 is 7.94 Å². The predicted octanol–water partition coefficient (Wildman–Crippen LogP) is -1.37. The van der Waals surface area contributed by atoms with Crippen LogP contribution >= 0.6 is 7.94 Å². The molecule has 2 aromatic rings. The van der Waals surface area contributed by atoms with E-state index in [1.54, 1.807) is 28.8 Å². The SMILES string of the molecule is O.O.O[C-](c1cn2ccccc2n1)[P+](O)(O)O.[Y]. The first-order valence-electron chi connectivity index (χ1n) is 4.06. The molecule has 0 amide bonds. The van der Waals surface area contributed by atoms with E-state index in [-0.39, 0.29) is 49.4 Å². The van der Waals surface area contributed by atoms with E-state index in [4.69, 9.17) is 14.7 Å².